The summed E-state index contributed by atoms with van der Waals surface area (Å²) in [5.74, 6) is 1.03. The predicted octanol–water partition coefficient (Wildman–Crippen LogP) is 5.68. The molecular formula is C26H26ClN3O. The zero-order valence-corrected chi connectivity index (χ0v) is 18.4. The topological polar surface area (TPSA) is 49.1 Å². The van der Waals surface area contributed by atoms with E-state index in [4.69, 9.17) is 16.3 Å². The van der Waals surface area contributed by atoms with Gasteiger partial charge in [0.05, 0.1) is 0 Å². The maximum Gasteiger partial charge on any atom is 0.231 e. The van der Waals surface area contributed by atoms with Crippen molar-refractivity contribution < 1.29 is 4.74 Å². The van der Waals surface area contributed by atoms with Gasteiger partial charge < -0.3 is 4.74 Å². The molecule has 1 fully saturated rings. The molecule has 3 aromatic rings. The van der Waals surface area contributed by atoms with Crippen LogP contribution in [0.1, 0.15) is 36.0 Å². The van der Waals surface area contributed by atoms with Crippen molar-refractivity contribution in [1.29, 1.82) is 5.26 Å². The third kappa shape index (κ3) is 5.25. The summed E-state index contributed by atoms with van der Waals surface area (Å²) in [4.78, 5) is 6.81. The molecule has 4 nitrogen and oxygen atoms in total. The van der Waals surface area contributed by atoms with E-state index in [0.29, 0.717) is 23.3 Å². The Morgan fingerprint density at radius 2 is 1.90 bits per heavy atom. The van der Waals surface area contributed by atoms with Crippen LogP contribution in [-0.4, -0.2) is 29.1 Å². The number of hydrogen-bond acceptors (Lipinski definition) is 4. The van der Waals surface area contributed by atoms with Gasteiger partial charge in [0, 0.05) is 36.1 Å². The minimum Gasteiger partial charge on any atom is -0.473 e. The highest BCUT2D eigenvalue weighted by Gasteiger charge is 2.35. The molecule has 31 heavy (non-hydrogen) atoms. The van der Waals surface area contributed by atoms with Crippen LogP contribution in [-0.2, 0) is 6.54 Å². The number of ether oxygens (including phenoxy) is 1. The first kappa shape index (κ1) is 21.4. The normalized spacial score (nSPS) is 20.0. The highest BCUT2D eigenvalue weighted by Crippen LogP contribution is 2.37. The molecule has 0 unspecified atom stereocenters. The Kier molecular flexibility index (Phi) is 6.86. The number of halogens is 1. The first-order valence-electron chi connectivity index (χ1n) is 10.7. The summed E-state index contributed by atoms with van der Waals surface area (Å²) in [6.07, 6.45) is 2.61. The van der Waals surface area contributed by atoms with Gasteiger partial charge in [-0.1, -0.05) is 54.1 Å². The second-order valence-corrected chi connectivity index (χ2v) is 8.56. The van der Waals surface area contributed by atoms with Crippen LogP contribution in [0.25, 0.3) is 0 Å². The monoisotopic (exact) mass is 431 g/mol. The highest BCUT2D eigenvalue weighted by atomic mass is 35.5. The van der Waals surface area contributed by atoms with Crippen molar-refractivity contribution in [2.24, 2.45) is 5.92 Å². The lowest BCUT2D eigenvalue weighted by atomic mass is 9.77. The van der Waals surface area contributed by atoms with E-state index in [1.54, 1.807) is 18.3 Å². The summed E-state index contributed by atoms with van der Waals surface area (Å²) in [7, 11) is 0. The molecule has 1 aliphatic heterocycles. The summed E-state index contributed by atoms with van der Waals surface area (Å²) in [6.45, 7) is 4.98. The number of hydrogen-bond donors (Lipinski definition) is 0. The zero-order chi connectivity index (χ0) is 21.6. The molecule has 158 valence electrons. The summed E-state index contributed by atoms with van der Waals surface area (Å²) in [5, 5.41) is 10.1. The number of rotatable bonds is 6. The van der Waals surface area contributed by atoms with Crippen molar-refractivity contribution in [3.05, 3.63) is 94.6 Å². The van der Waals surface area contributed by atoms with Gasteiger partial charge in [0.2, 0.25) is 5.88 Å². The molecule has 1 aromatic heterocycles. The molecule has 0 bridgehead atoms. The van der Waals surface area contributed by atoms with Crippen molar-refractivity contribution in [2.45, 2.75) is 31.9 Å². The molecule has 0 radical (unpaired) electrons. The van der Waals surface area contributed by atoms with Crippen molar-refractivity contribution in [2.75, 3.05) is 13.1 Å². The maximum absolute atomic E-state index is 9.38. The number of pyridine rings is 1. The summed E-state index contributed by atoms with van der Waals surface area (Å²) < 4.78 is 6.23. The van der Waals surface area contributed by atoms with Crippen molar-refractivity contribution in [3.8, 4) is 11.9 Å². The number of nitriles is 1. The molecule has 3 atom stereocenters. The predicted molar refractivity (Wildman–Crippen MR) is 123 cm³/mol. The Bertz CT molecular complexity index is 1030. The lowest BCUT2D eigenvalue weighted by Crippen LogP contribution is -2.43. The smallest absolute Gasteiger partial charge is 0.231 e. The van der Waals surface area contributed by atoms with Crippen LogP contribution in [0.3, 0.4) is 0 Å². The van der Waals surface area contributed by atoms with Crippen molar-refractivity contribution in [3.63, 3.8) is 0 Å². The molecule has 0 amide bonds. The van der Waals surface area contributed by atoms with Gasteiger partial charge in [-0.3, -0.25) is 4.90 Å². The molecule has 0 aliphatic carbocycles. The number of likely N-dealkylation sites (tertiary alicyclic amines) is 1. The average molecular weight is 432 g/mol. The van der Waals surface area contributed by atoms with Crippen molar-refractivity contribution >= 4 is 11.6 Å². The zero-order valence-electron chi connectivity index (χ0n) is 17.6. The summed E-state index contributed by atoms with van der Waals surface area (Å²) >= 11 is 6.15. The third-order valence-corrected chi connectivity index (χ3v) is 6.34. The second kappa shape index (κ2) is 9.96. The van der Waals surface area contributed by atoms with Gasteiger partial charge in [-0.15, -0.1) is 0 Å². The van der Waals surface area contributed by atoms with Gasteiger partial charge in [0.15, 0.2) is 0 Å². The van der Waals surface area contributed by atoms with Gasteiger partial charge in [0.25, 0.3) is 0 Å². The minimum atomic E-state index is -0.0680. The first-order valence-corrected chi connectivity index (χ1v) is 11.1. The minimum absolute atomic E-state index is 0.0680. The Labute approximate surface area is 189 Å². The molecule has 1 saturated heterocycles. The first-order chi connectivity index (χ1) is 15.1. The van der Waals surface area contributed by atoms with Crippen LogP contribution in [0.2, 0.25) is 5.02 Å². The molecule has 4 rings (SSSR count). The van der Waals surface area contributed by atoms with Gasteiger partial charge in [-0.05, 0) is 55.3 Å². The van der Waals surface area contributed by atoms with Gasteiger partial charge in [-0.25, -0.2) is 4.98 Å². The largest absolute Gasteiger partial charge is 0.473 e. The molecular weight excluding hydrogens is 406 g/mol. The quantitative estimate of drug-likeness (QED) is 0.503. The summed E-state index contributed by atoms with van der Waals surface area (Å²) in [6, 6.07) is 24.4. The van der Waals surface area contributed by atoms with Crippen LogP contribution in [0.5, 0.6) is 5.88 Å². The number of piperidine rings is 1. The standard InChI is InChI=1S/C26H26ClN3O/c1-19(31-26-22(16-28)8-5-14-29-26)24-13-15-30(17-20-6-3-2-4-7-20)18-25(24)21-9-11-23(27)12-10-21/h2-12,14,19,24-25H,13,15,17-18H2,1H3/t19-,24+,25+/m0/s1. The Hall–Kier alpha value is -2.87. The van der Waals surface area contributed by atoms with Crippen LogP contribution in [0.4, 0.5) is 0 Å². The Balaban J connectivity index is 1.55. The second-order valence-electron chi connectivity index (χ2n) is 8.12. The number of benzene rings is 2. The fourth-order valence-electron chi connectivity index (χ4n) is 4.48. The highest BCUT2D eigenvalue weighted by molar-refractivity contribution is 6.30. The molecule has 2 aromatic carbocycles. The van der Waals surface area contributed by atoms with E-state index in [1.165, 1.54) is 11.1 Å². The SMILES string of the molecule is C[C@H](Oc1ncccc1C#N)[C@H]1CCN(Cc2ccccc2)C[C@@H]1c1ccc(Cl)cc1. The molecule has 0 saturated carbocycles. The van der Waals surface area contributed by atoms with Crippen LogP contribution in [0, 0.1) is 17.2 Å². The lowest BCUT2D eigenvalue weighted by Gasteiger charge is -2.41. The van der Waals surface area contributed by atoms with Crippen LogP contribution >= 0.6 is 11.6 Å². The summed E-state index contributed by atoms with van der Waals surface area (Å²) in [5.41, 5.74) is 3.07. The van der Waals surface area contributed by atoms with E-state index < -0.39 is 0 Å². The van der Waals surface area contributed by atoms with Crippen molar-refractivity contribution in [1.82, 2.24) is 9.88 Å². The van der Waals surface area contributed by atoms with Crippen LogP contribution < -0.4 is 4.74 Å². The molecule has 0 N–H and O–H groups in total. The van der Waals surface area contributed by atoms with E-state index in [9.17, 15) is 5.26 Å². The lowest BCUT2D eigenvalue weighted by molar-refractivity contribution is 0.0637. The fourth-order valence-corrected chi connectivity index (χ4v) is 4.61. The van der Waals surface area contributed by atoms with E-state index in [0.717, 1.165) is 31.1 Å². The van der Waals surface area contributed by atoms with Crippen LogP contribution in [0.15, 0.2) is 72.9 Å². The van der Waals surface area contributed by atoms with Gasteiger partial charge in [-0.2, -0.15) is 5.26 Å². The number of aromatic nitrogens is 1. The van der Waals surface area contributed by atoms with E-state index >= 15 is 0 Å². The fraction of sp³-hybridized carbons (Fsp3) is 0.308. The maximum atomic E-state index is 9.38. The molecule has 2 heterocycles. The molecule has 0 spiro atoms. The van der Waals surface area contributed by atoms with E-state index in [1.807, 2.05) is 12.1 Å². The molecule has 1 aliphatic rings. The Morgan fingerprint density at radius 3 is 2.65 bits per heavy atom. The third-order valence-electron chi connectivity index (χ3n) is 6.09. The number of nitrogens with zero attached hydrogens (tertiary/aromatic N) is 3. The molecule has 5 heteroatoms. The van der Waals surface area contributed by atoms with Gasteiger partial charge in [0.1, 0.15) is 17.7 Å². The van der Waals surface area contributed by atoms with Gasteiger partial charge >= 0.3 is 0 Å². The average Bonchev–Trinajstić information content (AvgIpc) is 2.80. The van der Waals surface area contributed by atoms with E-state index in [-0.39, 0.29) is 6.10 Å². The Morgan fingerprint density at radius 1 is 1.13 bits per heavy atom. The van der Waals surface area contributed by atoms with E-state index in [2.05, 4.69) is 65.3 Å².